The lowest BCUT2D eigenvalue weighted by Gasteiger charge is -2.20. The summed E-state index contributed by atoms with van der Waals surface area (Å²) in [5.41, 5.74) is 0.821. The zero-order valence-electron chi connectivity index (χ0n) is 29.1. The lowest BCUT2D eigenvalue weighted by molar-refractivity contribution is -0.136. The van der Waals surface area contributed by atoms with Crippen molar-refractivity contribution in [2.45, 2.75) is 205 Å². The SMILES string of the molecule is CCCCCCCCCCCCCCCCCCCC/C=C(\CCCCCCCCCC)N1C(=O)CC([S+]([O-])CCO)C1=O. The van der Waals surface area contributed by atoms with E-state index in [1.807, 2.05) is 0 Å². The van der Waals surface area contributed by atoms with E-state index in [1.165, 1.54) is 153 Å². The Bertz CT molecular complexity index is 728. The minimum absolute atomic E-state index is 0.000589. The predicted molar refractivity (Wildman–Crippen MR) is 189 cm³/mol. The van der Waals surface area contributed by atoms with E-state index in [0.29, 0.717) is 0 Å². The van der Waals surface area contributed by atoms with Crippen molar-refractivity contribution in [2.24, 2.45) is 0 Å². The number of imide groups is 1. The molecule has 0 bridgehead atoms. The van der Waals surface area contributed by atoms with Crippen LogP contribution in [0.4, 0.5) is 0 Å². The molecule has 0 aromatic heterocycles. The molecule has 0 aliphatic carbocycles. The number of amides is 2. The first-order valence-corrected chi connectivity index (χ1v) is 20.5. The molecule has 1 saturated heterocycles. The minimum atomic E-state index is -1.50. The van der Waals surface area contributed by atoms with Gasteiger partial charge >= 0.3 is 0 Å². The molecule has 44 heavy (non-hydrogen) atoms. The fraction of sp³-hybridized carbons (Fsp3) is 0.895. The van der Waals surface area contributed by atoms with E-state index in [9.17, 15) is 19.2 Å². The van der Waals surface area contributed by atoms with Gasteiger partial charge in [0.1, 0.15) is 5.75 Å². The van der Waals surface area contributed by atoms with Gasteiger partial charge in [0.05, 0.1) is 13.0 Å². The zero-order chi connectivity index (χ0) is 32.1. The molecule has 2 atom stereocenters. The number of nitrogens with zero attached hydrogens (tertiary/aromatic N) is 1. The van der Waals surface area contributed by atoms with Crippen molar-refractivity contribution in [2.75, 3.05) is 12.4 Å². The van der Waals surface area contributed by atoms with Crippen LogP contribution in [0.25, 0.3) is 0 Å². The second kappa shape index (κ2) is 29.5. The topological polar surface area (TPSA) is 80.7 Å². The van der Waals surface area contributed by atoms with Gasteiger partial charge in [-0.2, -0.15) is 0 Å². The summed E-state index contributed by atoms with van der Waals surface area (Å²) in [6, 6.07) is 0. The van der Waals surface area contributed by atoms with Crippen LogP contribution in [0.15, 0.2) is 11.8 Å². The maximum Gasteiger partial charge on any atom is 0.287 e. The van der Waals surface area contributed by atoms with Gasteiger partial charge in [0, 0.05) is 5.70 Å². The summed E-state index contributed by atoms with van der Waals surface area (Å²) in [7, 11) is 0. The number of unbranched alkanes of at least 4 members (excludes halogenated alkanes) is 25. The van der Waals surface area contributed by atoms with Crippen LogP contribution < -0.4 is 0 Å². The highest BCUT2D eigenvalue weighted by atomic mass is 32.2. The Morgan fingerprint density at radius 1 is 0.682 bits per heavy atom. The van der Waals surface area contributed by atoms with E-state index in [-0.39, 0.29) is 30.6 Å². The Kier molecular flexibility index (Phi) is 27.6. The van der Waals surface area contributed by atoms with Gasteiger partial charge in [-0.25, -0.2) is 0 Å². The first-order valence-electron chi connectivity index (χ1n) is 19.1. The molecule has 1 aliphatic rings. The normalized spacial score (nSPS) is 16.4. The predicted octanol–water partition coefficient (Wildman–Crippen LogP) is 10.7. The first kappa shape index (κ1) is 41.2. The maximum absolute atomic E-state index is 13.1. The lowest BCUT2D eigenvalue weighted by Crippen LogP contribution is -2.36. The van der Waals surface area contributed by atoms with E-state index in [0.717, 1.165) is 37.8 Å². The van der Waals surface area contributed by atoms with Gasteiger partial charge in [-0.15, -0.1) is 0 Å². The average Bonchev–Trinajstić information content (AvgIpc) is 3.32. The van der Waals surface area contributed by atoms with Gasteiger partial charge in [-0.1, -0.05) is 174 Å². The van der Waals surface area contributed by atoms with Crippen molar-refractivity contribution in [1.82, 2.24) is 4.90 Å². The summed E-state index contributed by atoms with van der Waals surface area (Å²) >= 11 is -1.50. The second-order valence-corrected chi connectivity index (χ2v) is 15.0. The van der Waals surface area contributed by atoms with Crippen molar-refractivity contribution in [3.05, 3.63) is 11.8 Å². The molecule has 2 unspecified atom stereocenters. The number of hydrogen-bond donors (Lipinski definition) is 1. The molecule has 5 nitrogen and oxygen atoms in total. The Labute approximate surface area is 276 Å². The van der Waals surface area contributed by atoms with E-state index < -0.39 is 16.4 Å². The summed E-state index contributed by atoms with van der Waals surface area (Å²) in [5, 5.41) is 8.37. The smallest absolute Gasteiger partial charge is 0.287 e. The van der Waals surface area contributed by atoms with Gasteiger partial charge in [-0.05, 0) is 36.9 Å². The number of carbonyl (C=O) groups is 2. The quantitative estimate of drug-likeness (QED) is 0.0452. The summed E-state index contributed by atoms with van der Waals surface area (Å²) in [6.45, 7) is 4.29. The Hall–Kier alpha value is -0.850. The second-order valence-electron chi connectivity index (χ2n) is 13.3. The molecular weight excluding hydrogens is 566 g/mol. The monoisotopic (exact) mass is 638 g/mol. The highest BCUT2D eigenvalue weighted by molar-refractivity contribution is 7.92. The zero-order valence-corrected chi connectivity index (χ0v) is 29.9. The number of carbonyl (C=O) groups excluding carboxylic acids is 2. The van der Waals surface area contributed by atoms with Crippen LogP contribution in [-0.2, 0) is 20.8 Å². The molecule has 0 spiro atoms. The summed E-state index contributed by atoms with van der Waals surface area (Å²) in [6.07, 6.45) is 37.8. The van der Waals surface area contributed by atoms with Gasteiger partial charge in [-0.3, -0.25) is 14.5 Å². The van der Waals surface area contributed by atoms with E-state index in [4.69, 9.17) is 0 Å². The minimum Gasteiger partial charge on any atom is -0.616 e. The highest BCUT2D eigenvalue weighted by Gasteiger charge is 2.46. The van der Waals surface area contributed by atoms with E-state index >= 15 is 0 Å². The number of allylic oxidation sites excluding steroid dienone is 2. The van der Waals surface area contributed by atoms with Gasteiger partial charge < -0.3 is 9.66 Å². The van der Waals surface area contributed by atoms with E-state index in [2.05, 4.69) is 19.9 Å². The molecule has 1 N–H and O–H groups in total. The molecule has 0 radical (unpaired) electrons. The molecule has 258 valence electrons. The average molecular weight is 638 g/mol. The third-order valence-corrected chi connectivity index (χ3v) is 10.8. The number of hydrogen-bond acceptors (Lipinski definition) is 4. The number of rotatable bonds is 32. The van der Waals surface area contributed by atoms with Gasteiger partial charge in [0.15, 0.2) is 0 Å². The molecule has 1 heterocycles. The molecule has 0 aromatic carbocycles. The molecule has 0 aromatic rings. The Morgan fingerprint density at radius 2 is 1.07 bits per heavy atom. The summed E-state index contributed by atoms with van der Waals surface area (Å²) < 4.78 is 12.5. The number of aliphatic hydroxyl groups is 1. The van der Waals surface area contributed by atoms with Crippen LogP contribution in [-0.4, -0.2) is 44.0 Å². The molecular formula is C38H71NO4S. The van der Waals surface area contributed by atoms with Crippen LogP contribution in [0.2, 0.25) is 0 Å². The largest absolute Gasteiger partial charge is 0.616 e. The van der Waals surface area contributed by atoms with Crippen molar-refractivity contribution in [3.8, 4) is 0 Å². The molecule has 6 heteroatoms. The third kappa shape index (κ3) is 20.3. The lowest BCUT2D eigenvalue weighted by atomic mass is 10.0. The first-order chi connectivity index (χ1) is 21.6. The van der Waals surface area contributed by atoms with Gasteiger partial charge in [0.25, 0.3) is 5.91 Å². The van der Waals surface area contributed by atoms with Crippen molar-refractivity contribution in [3.63, 3.8) is 0 Å². The molecule has 0 saturated carbocycles. The van der Waals surface area contributed by atoms with Crippen LogP contribution in [0.3, 0.4) is 0 Å². The van der Waals surface area contributed by atoms with Crippen LogP contribution >= 0.6 is 0 Å². The highest BCUT2D eigenvalue weighted by Crippen LogP contribution is 2.28. The maximum atomic E-state index is 13.1. The summed E-state index contributed by atoms with van der Waals surface area (Å²) in [5.74, 6) is -0.506. The van der Waals surface area contributed by atoms with Gasteiger partial charge in [0.2, 0.25) is 11.2 Å². The Morgan fingerprint density at radius 3 is 1.48 bits per heavy atom. The number of aliphatic hydroxyl groups excluding tert-OH is 1. The van der Waals surface area contributed by atoms with Crippen LogP contribution in [0.1, 0.15) is 200 Å². The fourth-order valence-corrected chi connectivity index (χ4v) is 7.53. The van der Waals surface area contributed by atoms with Crippen molar-refractivity contribution >= 4 is 23.0 Å². The standard InChI is InChI=1S/C38H71NO4S/c1-3-5-7-9-11-13-14-15-16-17-18-19-20-21-22-23-25-27-29-31-35(30-28-26-24-12-10-8-6-4-2)39-37(41)34-36(38(39)42)44(43)33-32-40/h31,36,40H,3-30,32-34H2,1-2H3/b35-31+. The third-order valence-electron chi connectivity index (χ3n) is 9.23. The van der Waals surface area contributed by atoms with E-state index in [1.54, 1.807) is 0 Å². The van der Waals surface area contributed by atoms with Crippen LogP contribution in [0, 0.1) is 0 Å². The molecule has 1 rings (SSSR count). The van der Waals surface area contributed by atoms with Crippen molar-refractivity contribution < 1.29 is 19.2 Å². The summed E-state index contributed by atoms with van der Waals surface area (Å²) in [4.78, 5) is 27.3. The van der Waals surface area contributed by atoms with Crippen molar-refractivity contribution in [1.29, 1.82) is 0 Å². The molecule has 1 fully saturated rings. The molecule has 1 aliphatic heterocycles. The molecule has 2 amide bonds. The fourth-order valence-electron chi connectivity index (χ4n) is 6.40. The Balaban J connectivity index is 2.26. The van der Waals surface area contributed by atoms with Crippen LogP contribution in [0.5, 0.6) is 0 Å². The number of likely N-dealkylation sites (tertiary alicyclic amines) is 1.